The first-order valence-electron chi connectivity index (χ1n) is 18.8. The molecule has 0 aliphatic heterocycles. The van der Waals surface area contributed by atoms with Crippen molar-refractivity contribution in [3.05, 3.63) is 188 Å². The minimum Gasteiger partial charge on any atom is -0.456 e. The lowest BCUT2D eigenvalue weighted by Crippen LogP contribution is -2.00. The Kier molecular flexibility index (Phi) is 6.53. The Labute approximate surface area is 320 Å². The number of hydrogen-bond acceptors (Lipinski definition) is 3. The molecule has 0 fully saturated rings. The zero-order valence-corrected chi connectivity index (χ0v) is 30.0. The average molecular weight is 718 g/mol. The smallest absolute Gasteiger partial charge is 0.182 e. The van der Waals surface area contributed by atoms with Gasteiger partial charge in [-0.3, -0.25) is 0 Å². The van der Waals surface area contributed by atoms with Crippen LogP contribution < -0.4 is 0 Å². The maximum Gasteiger partial charge on any atom is 0.182 e. The summed E-state index contributed by atoms with van der Waals surface area (Å²) in [6, 6.07) is 66.0. The Hall–Kier alpha value is -7.70. The van der Waals surface area contributed by atoms with E-state index in [0.29, 0.717) is 5.82 Å². The van der Waals surface area contributed by atoms with Gasteiger partial charge in [0.15, 0.2) is 11.6 Å². The molecule has 0 spiro atoms. The molecule has 0 unspecified atom stereocenters. The summed E-state index contributed by atoms with van der Waals surface area (Å²) in [5, 5.41) is 12.1. The molecule has 0 aliphatic carbocycles. The van der Waals surface area contributed by atoms with Gasteiger partial charge in [0.25, 0.3) is 0 Å². The van der Waals surface area contributed by atoms with Gasteiger partial charge in [0.05, 0.1) is 33.1 Å². The molecule has 0 amide bonds. The van der Waals surface area contributed by atoms with E-state index in [2.05, 4.69) is 155 Å². The number of hydrogen-bond donors (Lipinski definition) is 0. The van der Waals surface area contributed by atoms with Crippen LogP contribution in [-0.4, -0.2) is 23.9 Å². The molecular formula is C50H31N5O. The number of furan rings is 1. The van der Waals surface area contributed by atoms with Crippen molar-refractivity contribution in [3.63, 3.8) is 0 Å². The molecule has 0 radical (unpaired) electrons. The van der Waals surface area contributed by atoms with Crippen LogP contribution in [0.3, 0.4) is 0 Å². The van der Waals surface area contributed by atoms with Crippen LogP contribution in [0.4, 0.5) is 0 Å². The molecule has 0 saturated heterocycles. The monoisotopic (exact) mass is 717 g/mol. The molecule has 8 aromatic carbocycles. The lowest BCUT2D eigenvalue weighted by atomic mass is 10.1. The van der Waals surface area contributed by atoms with Gasteiger partial charge < -0.3 is 13.6 Å². The Morgan fingerprint density at radius 2 is 1.02 bits per heavy atom. The maximum absolute atomic E-state index is 6.40. The summed E-state index contributed by atoms with van der Waals surface area (Å²) >= 11 is 0. The first-order chi connectivity index (χ1) is 27.8. The van der Waals surface area contributed by atoms with Crippen molar-refractivity contribution in [3.8, 4) is 39.8 Å². The second-order valence-electron chi connectivity index (χ2n) is 14.3. The van der Waals surface area contributed by atoms with Crippen LogP contribution in [0.1, 0.15) is 0 Å². The van der Waals surface area contributed by atoms with Gasteiger partial charge in [-0.25, -0.2) is 9.67 Å². The van der Waals surface area contributed by atoms with Gasteiger partial charge in [-0.1, -0.05) is 121 Å². The SMILES string of the molecule is c1ccc(-c2nc(-c3ccccc3)n(-c3ccc4c(c3)c3ccccc3n4-c3cccc(-n4c5ccccc5c5ccc6oc7ccccc7c6c54)c3)n2)cc1. The van der Waals surface area contributed by atoms with Gasteiger partial charge in [-0.05, 0) is 66.7 Å². The van der Waals surface area contributed by atoms with Crippen molar-refractivity contribution < 1.29 is 4.42 Å². The summed E-state index contributed by atoms with van der Waals surface area (Å²) in [5.74, 6) is 1.49. The molecule has 0 N–H and O–H groups in total. The minimum atomic E-state index is 0.689. The van der Waals surface area contributed by atoms with Crippen LogP contribution in [-0.2, 0) is 0 Å². The molecule has 262 valence electrons. The van der Waals surface area contributed by atoms with Gasteiger partial charge in [-0.2, -0.15) is 0 Å². The fourth-order valence-electron chi connectivity index (χ4n) is 8.65. The van der Waals surface area contributed by atoms with Crippen LogP contribution in [0.5, 0.6) is 0 Å². The fraction of sp³-hybridized carbons (Fsp3) is 0. The second kappa shape index (κ2) is 11.9. The van der Waals surface area contributed by atoms with E-state index in [-0.39, 0.29) is 0 Å². The summed E-state index contributed by atoms with van der Waals surface area (Å²) in [6.45, 7) is 0. The lowest BCUT2D eigenvalue weighted by molar-refractivity contribution is 0.669. The quantitative estimate of drug-likeness (QED) is 0.178. The van der Waals surface area contributed by atoms with E-state index < -0.39 is 0 Å². The zero-order chi connectivity index (χ0) is 36.7. The molecule has 0 aliphatic rings. The highest BCUT2D eigenvalue weighted by atomic mass is 16.3. The van der Waals surface area contributed by atoms with Crippen molar-refractivity contribution >= 4 is 65.6 Å². The fourth-order valence-corrected chi connectivity index (χ4v) is 8.65. The largest absolute Gasteiger partial charge is 0.456 e. The molecule has 12 rings (SSSR count). The van der Waals surface area contributed by atoms with E-state index in [4.69, 9.17) is 14.5 Å². The predicted molar refractivity (Wildman–Crippen MR) is 228 cm³/mol. The second-order valence-corrected chi connectivity index (χ2v) is 14.3. The van der Waals surface area contributed by atoms with Gasteiger partial charge >= 0.3 is 0 Å². The van der Waals surface area contributed by atoms with Crippen molar-refractivity contribution in [2.24, 2.45) is 0 Å². The van der Waals surface area contributed by atoms with Crippen molar-refractivity contribution in [2.75, 3.05) is 0 Å². The van der Waals surface area contributed by atoms with Crippen molar-refractivity contribution in [1.82, 2.24) is 23.9 Å². The zero-order valence-electron chi connectivity index (χ0n) is 30.0. The third-order valence-corrected chi connectivity index (χ3v) is 11.1. The highest BCUT2D eigenvalue weighted by Crippen LogP contribution is 2.42. The molecule has 6 heteroatoms. The molecule has 12 aromatic rings. The maximum atomic E-state index is 6.40. The number of para-hydroxylation sites is 3. The number of rotatable bonds is 5. The average Bonchev–Trinajstić information content (AvgIpc) is 4.04. The van der Waals surface area contributed by atoms with E-state index in [1.165, 1.54) is 16.2 Å². The van der Waals surface area contributed by atoms with E-state index >= 15 is 0 Å². The molecule has 0 atom stereocenters. The molecule has 4 heterocycles. The van der Waals surface area contributed by atoms with Crippen LogP contribution in [0.15, 0.2) is 192 Å². The Balaban J connectivity index is 1.08. The number of fused-ring (bicyclic) bond motifs is 10. The van der Waals surface area contributed by atoms with E-state index in [1.807, 2.05) is 47.1 Å². The topological polar surface area (TPSA) is 53.7 Å². The Morgan fingerprint density at radius 3 is 1.80 bits per heavy atom. The Morgan fingerprint density at radius 1 is 0.393 bits per heavy atom. The summed E-state index contributed by atoms with van der Waals surface area (Å²) in [4.78, 5) is 5.07. The van der Waals surface area contributed by atoms with Crippen LogP contribution >= 0.6 is 0 Å². The molecule has 56 heavy (non-hydrogen) atoms. The molecular weight excluding hydrogens is 687 g/mol. The molecule has 6 nitrogen and oxygen atoms in total. The first-order valence-corrected chi connectivity index (χ1v) is 18.8. The predicted octanol–water partition coefficient (Wildman–Crippen LogP) is 12.7. The van der Waals surface area contributed by atoms with Crippen molar-refractivity contribution in [1.29, 1.82) is 0 Å². The van der Waals surface area contributed by atoms with Crippen LogP contribution in [0, 0.1) is 0 Å². The third-order valence-electron chi connectivity index (χ3n) is 11.1. The van der Waals surface area contributed by atoms with Crippen LogP contribution in [0.2, 0.25) is 0 Å². The van der Waals surface area contributed by atoms with Gasteiger partial charge in [-0.15, -0.1) is 5.10 Å². The van der Waals surface area contributed by atoms with E-state index in [1.54, 1.807) is 0 Å². The normalized spacial score (nSPS) is 11.9. The standard InChI is InChI=1S/C50H31N5O/c1-3-14-32(15-4-1)49-51-50(33-16-5-2-6-17-33)55(52-49)36-26-28-44-41(31-36)38-21-8-10-23-42(38)53(44)34-18-13-19-35(30-34)54-43-24-11-7-20-37(43)39-27-29-46-47(48(39)54)40-22-9-12-25-45(40)56-46/h1-31H. The van der Waals surface area contributed by atoms with Gasteiger partial charge in [0.1, 0.15) is 11.2 Å². The van der Waals surface area contributed by atoms with Crippen molar-refractivity contribution in [2.45, 2.75) is 0 Å². The summed E-state index contributed by atoms with van der Waals surface area (Å²) in [5.41, 5.74) is 11.4. The highest BCUT2D eigenvalue weighted by Gasteiger charge is 2.21. The van der Waals surface area contributed by atoms with Gasteiger partial charge in [0.2, 0.25) is 0 Å². The molecule has 0 bridgehead atoms. The number of aromatic nitrogens is 5. The first kappa shape index (κ1) is 30.7. The highest BCUT2D eigenvalue weighted by molar-refractivity contribution is 6.24. The summed E-state index contributed by atoms with van der Waals surface area (Å²) in [6.07, 6.45) is 0. The number of benzene rings is 8. The van der Waals surface area contributed by atoms with E-state index in [9.17, 15) is 0 Å². The molecule has 4 aromatic heterocycles. The van der Waals surface area contributed by atoms with E-state index in [0.717, 1.165) is 83.4 Å². The van der Waals surface area contributed by atoms with Crippen LogP contribution in [0.25, 0.3) is 105 Å². The summed E-state index contributed by atoms with van der Waals surface area (Å²) in [7, 11) is 0. The lowest BCUT2D eigenvalue weighted by Gasteiger charge is -2.13. The third kappa shape index (κ3) is 4.50. The molecule has 0 saturated carbocycles. The van der Waals surface area contributed by atoms with Gasteiger partial charge in [0, 0.05) is 49.4 Å². The number of nitrogens with zero attached hydrogens (tertiary/aromatic N) is 5. The Bertz CT molecular complexity index is 3480. The minimum absolute atomic E-state index is 0.689. The summed E-state index contributed by atoms with van der Waals surface area (Å²) < 4.78 is 13.2.